The molecule has 0 saturated heterocycles. The SMILES string of the molecule is CCNC(=NCc1nc(-c2ccc(OC)cc2)n[nH]1)NCCCOCC.I. The lowest BCUT2D eigenvalue weighted by atomic mass is 10.2. The van der Waals surface area contributed by atoms with Crippen molar-refractivity contribution in [3.8, 4) is 17.1 Å². The zero-order valence-electron chi connectivity index (χ0n) is 16.1. The van der Waals surface area contributed by atoms with Gasteiger partial charge in [-0.3, -0.25) is 5.10 Å². The van der Waals surface area contributed by atoms with E-state index in [9.17, 15) is 0 Å². The first-order chi connectivity index (χ1) is 12.8. The minimum absolute atomic E-state index is 0. The summed E-state index contributed by atoms with van der Waals surface area (Å²) < 4.78 is 10.5. The summed E-state index contributed by atoms with van der Waals surface area (Å²) in [4.78, 5) is 9.03. The van der Waals surface area contributed by atoms with E-state index in [0.29, 0.717) is 18.2 Å². The Bertz CT molecular complexity index is 675. The molecule has 0 fully saturated rings. The number of nitrogens with one attached hydrogen (secondary N) is 3. The van der Waals surface area contributed by atoms with Crippen molar-refractivity contribution in [2.75, 3.05) is 33.4 Å². The topological polar surface area (TPSA) is 96.5 Å². The third kappa shape index (κ3) is 8.12. The van der Waals surface area contributed by atoms with Crippen LogP contribution < -0.4 is 15.4 Å². The third-order valence-electron chi connectivity index (χ3n) is 3.57. The van der Waals surface area contributed by atoms with Crippen molar-refractivity contribution in [3.05, 3.63) is 30.1 Å². The summed E-state index contributed by atoms with van der Waals surface area (Å²) in [5, 5.41) is 13.7. The van der Waals surface area contributed by atoms with E-state index >= 15 is 0 Å². The summed E-state index contributed by atoms with van der Waals surface area (Å²) in [5.74, 6) is 2.92. The number of rotatable bonds is 10. The normalized spacial score (nSPS) is 11.0. The van der Waals surface area contributed by atoms with Crippen molar-refractivity contribution in [2.24, 2.45) is 4.99 Å². The maximum Gasteiger partial charge on any atom is 0.191 e. The fraction of sp³-hybridized carbons (Fsp3) is 0.500. The molecule has 9 heteroatoms. The molecule has 0 amide bonds. The fourth-order valence-electron chi connectivity index (χ4n) is 2.26. The number of ether oxygens (including phenoxy) is 2. The van der Waals surface area contributed by atoms with E-state index in [1.807, 2.05) is 38.1 Å². The monoisotopic (exact) mass is 488 g/mol. The summed E-state index contributed by atoms with van der Waals surface area (Å²) in [6, 6.07) is 7.63. The molecule has 2 aromatic rings. The molecule has 3 N–H and O–H groups in total. The van der Waals surface area contributed by atoms with Crippen molar-refractivity contribution in [1.29, 1.82) is 0 Å². The number of halogens is 1. The predicted octanol–water partition coefficient (Wildman–Crippen LogP) is 2.58. The average Bonchev–Trinajstić information content (AvgIpc) is 3.15. The number of aliphatic imine (C=N–C) groups is 1. The van der Waals surface area contributed by atoms with Gasteiger partial charge in [0.2, 0.25) is 0 Å². The number of benzene rings is 1. The number of methoxy groups -OCH3 is 1. The van der Waals surface area contributed by atoms with Crippen molar-refractivity contribution < 1.29 is 9.47 Å². The molecular weight excluding hydrogens is 459 g/mol. The molecule has 0 aliphatic heterocycles. The third-order valence-corrected chi connectivity index (χ3v) is 3.57. The molecule has 0 saturated carbocycles. The minimum Gasteiger partial charge on any atom is -0.497 e. The molecule has 0 atom stereocenters. The molecule has 0 spiro atoms. The van der Waals surface area contributed by atoms with Crippen LogP contribution in [0.15, 0.2) is 29.3 Å². The molecule has 27 heavy (non-hydrogen) atoms. The van der Waals surface area contributed by atoms with Gasteiger partial charge in [0.25, 0.3) is 0 Å². The van der Waals surface area contributed by atoms with Crippen LogP contribution in [0.5, 0.6) is 5.75 Å². The van der Waals surface area contributed by atoms with Gasteiger partial charge in [-0.1, -0.05) is 0 Å². The van der Waals surface area contributed by atoms with Gasteiger partial charge >= 0.3 is 0 Å². The Morgan fingerprint density at radius 2 is 1.96 bits per heavy atom. The first-order valence-electron chi connectivity index (χ1n) is 8.92. The molecular formula is C18H29IN6O2. The molecule has 150 valence electrons. The van der Waals surface area contributed by atoms with E-state index in [2.05, 4.69) is 30.8 Å². The molecule has 1 heterocycles. The van der Waals surface area contributed by atoms with Crippen LogP contribution in [-0.2, 0) is 11.3 Å². The molecule has 0 unspecified atom stereocenters. The quantitative estimate of drug-likeness (QED) is 0.206. The standard InChI is InChI=1S/C18H28N6O2.HI/c1-4-19-18(20-11-6-12-26-5-2)21-13-16-22-17(24-23-16)14-7-9-15(25-3)10-8-14;/h7-10H,4-6,11-13H2,1-3H3,(H2,19,20,21)(H,22,23,24);1H. The van der Waals surface area contributed by atoms with Crippen LogP contribution in [0.3, 0.4) is 0 Å². The lowest BCUT2D eigenvalue weighted by Crippen LogP contribution is -2.38. The van der Waals surface area contributed by atoms with Crippen LogP contribution >= 0.6 is 24.0 Å². The van der Waals surface area contributed by atoms with Crippen LogP contribution in [0.25, 0.3) is 11.4 Å². The Morgan fingerprint density at radius 3 is 2.63 bits per heavy atom. The number of aromatic nitrogens is 3. The average molecular weight is 488 g/mol. The minimum atomic E-state index is 0. The number of aromatic amines is 1. The van der Waals surface area contributed by atoms with E-state index < -0.39 is 0 Å². The van der Waals surface area contributed by atoms with Gasteiger partial charge in [0.05, 0.1) is 7.11 Å². The van der Waals surface area contributed by atoms with E-state index in [-0.39, 0.29) is 24.0 Å². The zero-order chi connectivity index (χ0) is 18.6. The van der Waals surface area contributed by atoms with Gasteiger partial charge in [-0.2, -0.15) is 5.10 Å². The Hall–Kier alpha value is -1.88. The maximum atomic E-state index is 5.33. The second kappa shape index (κ2) is 13.3. The van der Waals surface area contributed by atoms with Crippen molar-refractivity contribution in [1.82, 2.24) is 25.8 Å². The van der Waals surface area contributed by atoms with Crippen LogP contribution in [0.2, 0.25) is 0 Å². The maximum absolute atomic E-state index is 5.33. The van der Waals surface area contributed by atoms with Crippen LogP contribution in [0.4, 0.5) is 0 Å². The number of guanidine groups is 1. The summed E-state index contributed by atoms with van der Waals surface area (Å²) in [6.07, 6.45) is 0.933. The van der Waals surface area contributed by atoms with Gasteiger partial charge in [-0.25, -0.2) is 9.98 Å². The highest BCUT2D eigenvalue weighted by Gasteiger charge is 2.06. The van der Waals surface area contributed by atoms with Crippen LogP contribution in [-0.4, -0.2) is 54.6 Å². The number of hydrogen-bond acceptors (Lipinski definition) is 5. The highest BCUT2D eigenvalue weighted by atomic mass is 127. The van der Waals surface area contributed by atoms with Gasteiger partial charge in [0, 0.05) is 31.9 Å². The number of hydrogen-bond donors (Lipinski definition) is 3. The largest absolute Gasteiger partial charge is 0.497 e. The smallest absolute Gasteiger partial charge is 0.191 e. The van der Waals surface area contributed by atoms with Gasteiger partial charge < -0.3 is 20.1 Å². The van der Waals surface area contributed by atoms with E-state index in [1.165, 1.54) is 0 Å². The first-order valence-corrected chi connectivity index (χ1v) is 8.92. The van der Waals surface area contributed by atoms with Crippen LogP contribution in [0, 0.1) is 0 Å². The molecule has 0 aliphatic carbocycles. The van der Waals surface area contributed by atoms with Crippen molar-refractivity contribution in [3.63, 3.8) is 0 Å². The second-order valence-corrected chi connectivity index (χ2v) is 5.51. The lowest BCUT2D eigenvalue weighted by Gasteiger charge is -2.10. The highest BCUT2D eigenvalue weighted by Crippen LogP contribution is 2.18. The number of nitrogens with zero attached hydrogens (tertiary/aromatic N) is 3. The van der Waals surface area contributed by atoms with E-state index in [4.69, 9.17) is 9.47 Å². The Morgan fingerprint density at radius 1 is 1.19 bits per heavy atom. The molecule has 0 radical (unpaired) electrons. The van der Waals surface area contributed by atoms with Gasteiger partial charge in [0.15, 0.2) is 11.8 Å². The summed E-state index contributed by atoms with van der Waals surface area (Å²) in [7, 11) is 1.64. The summed E-state index contributed by atoms with van der Waals surface area (Å²) in [6.45, 7) is 7.55. The molecule has 1 aromatic carbocycles. The highest BCUT2D eigenvalue weighted by molar-refractivity contribution is 14.0. The predicted molar refractivity (Wildman–Crippen MR) is 118 cm³/mol. The fourth-order valence-corrected chi connectivity index (χ4v) is 2.26. The molecule has 1 aromatic heterocycles. The summed E-state index contributed by atoms with van der Waals surface area (Å²) >= 11 is 0. The van der Waals surface area contributed by atoms with Gasteiger partial charge in [-0.15, -0.1) is 24.0 Å². The Kier molecular flexibility index (Phi) is 11.4. The van der Waals surface area contributed by atoms with Crippen LogP contribution in [0.1, 0.15) is 26.1 Å². The lowest BCUT2D eigenvalue weighted by molar-refractivity contribution is 0.145. The van der Waals surface area contributed by atoms with Gasteiger partial charge in [0.1, 0.15) is 18.1 Å². The number of H-pyrrole nitrogens is 1. The second-order valence-electron chi connectivity index (χ2n) is 5.51. The van der Waals surface area contributed by atoms with Crippen molar-refractivity contribution in [2.45, 2.75) is 26.8 Å². The molecule has 8 nitrogen and oxygen atoms in total. The Balaban J connectivity index is 0.00000364. The molecule has 2 rings (SSSR count). The molecule has 0 aliphatic rings. The van der Waals surface area contributed by atoms with E-state index in [1.54, 1.807) is 7.11 Å². The first kappa shape index (κ1) is 23.2. The van der Waals surface area contributed by atoms with E-state index in [0.717, 1.165) is 50.0 Å². The van der Waals surface area contributed by atoms with Gasteiger partial charge in [-0.05, 0) is 44.5 Å². The Labute approximate surface area is 177 Å². The van der Waals surface area contributed by atoms with Crippen molar-refractivity contribution >= 4 is 29.9 Å². The zero-order valence-corrected chi connectivity index (χ0v) is 18.4. The summed E-state index contributed by atoms with van der Waals surface area (Å²) in [5.41, 5.74) is 0.929. The molecule has 0 bridgehead atoms.